The van der Waals surface area contributed by atoms with E-state index in [0.717, 1.165) is 15.7 Å². The van der Waals surface area contributed by atoms with Crippen molar-refractivity contribution < 1.29 is 14.3 Å². The highest BCUT2D eigenvalue weighted by Crippen LogP contribution is 2.31. The SMILES string of the molecule is COc1cc(I)c(C(=O)NCCCSc2ccccc2)cc1OC. The molecule has 6 heteroatoms. The van der Waals surface area contributed by atoms with E-state index in [1.807, 2.05) is 18.2 Å². The van der Waals surface area contributed by atoms with Crippen LogP contribution in [0.25, 0.3) is 0 Å². The fourth-order valence-electron chi connectivity index (χ4n) is 2.10. The highest BCUT2D eigenvalue weighted by Gasteiger charge is 2.15. The molecule has 0 aliphatic rings. The zero-order valence-electron chi connectivity index (χ0n) is 13.7. The van der Waals surface area contributed by atoms with Crippen LogP contribution in [0, 0.1) is 3.57 Å². The fraction of sp³-hybridized carbons (Fsp3) is 0.278. The smallest absolute Gasteiger partial charge is 0.252 e. The highest BCUT2D eigenvalue weighted by molar-refractivity contribution is 14.1. The number of carbonyl (C=O) groups excluding carboxylic acids is 1. The quantitative estimate of drug-likeness (QED) is 0.367. The van der Waals surface area contributed by atoms with Gasteiger partial charge in [0, 0.05) is 15.0 Å². The van der Waals surface area contributed by atoms with Crippen molar-refractivity contribution in [3.05, 3.63) is 51.6 Å². The highest BCUT2D eigenvalue weighted by atomic mass is 127. The standard InChI is InChI=1S/C18H20INO3S/c1-22-16-11-14(15(19)12-17(16)23-2)18(21)20-9-6-10-24-13-7-4-3-5-8-13/h3-5,7-8,11-12H,6,9-10H2,1-2H3,(H,20,21). The Morgan fingerprint density at radius 1 is 1.12 bits per heavy atom. The number of amides is 1. The molecule has 0 bridgehead atoms. The van der Waals surface area contributed by atoms with Gasteiger partial charge in [0.25, 0.3) is 5.91 Å². The summed E-state index contributed by atoms with van der Waals surface area (Å²) in [5, 5.41) is 2.96. The summed E-state index contributed by atoms with van der Waals surface area (Å²) in [6, 6.07) is 13.8. The molecule has 0 unspecified atom stereocenters. The first-order valence-electron chi connectivity index (χ1n) is 7.53. The molecule has 0 heterocycles. The third-order valence-corrected chi connectivity index (χ3v) is 5.33. The molecule has 0 saturated carbocycles. The monoisotopic (exact) mass is 457 g/mol. The normalized spacial score (nSPS) is 10.3. The van der Waals surface area contributed by atoms with Gasteiger partial charge in [0.05, 0.1) is 19.8 Å². The van der Waals surface area contributed by atoms with Gasteiger partial charge in [0.2, 0.25) is 0 Å². The zero-order valence-corrected chi connectivity index (χ0v) is 16.6. The van der Waals surface area contributed by atoms with Crippen LogP contribution in [0.3, 0.4) is 0 Å². The van der Waals surface area contributed by atoms with Crippen molar-refractivity contribution in [3.8, 4) is 11.5 Å². The predicted octanol–water partition coefficient (Wildman–Crippen LogP) is 4.22. The van der Waals surface area contributed by atoms with E-state index in [1.165, 1.54) is 4.90 Å². The second-order valence-corrected chi connectivity index (χ2v) is 7.29. The van der Waals surface area contributed by atoms with Crippen molar-refractivity contribution in [2.45, 2.75) is 11.3 Å². The fourth-order valence-corrected chi connectivity index (χ4v) is 3.66. The van der Waals surface area contributed by atoms with Gasteiger partial charge in [-0.3, -0.25) is 4.79 Å². The lowest BCUT2D eigenvalue weighted by atomic mass is 10.2. The van der Waals surface area contributed by atoms with Crippen molar-refractivity contribution in [2.75, 3.05) is 26.5 Å². The van der Waals surface area contributed by atoms with Crippen molar-refractivity contribution in [2.24, 2.45) is 0 Å². The van der Waals surface area contributed by atoms with Gasteiger partial charge < -0.3 is 14.8 Å². The Bertz CT molecular complexity index is 679. The minimum absolute atomic E-state index is 0.0925. The second kappa shape index (κ2) is 9.78. The van der Waals surface area contributed by atoms with Crippen LogP contribution in [0.15, 0.2) is 47.4 Å². The lowest BCUT2D eigenvalue weighted by molar-refractivity contribution is 0.0952. The minimum atomic E-state index is -0.0925. The summed E-state index contributed by atoms with van der Waals surface area (Å²) in [5.41, 5.74) is 0.601. The van der Waals surface area contributed by atoms with Crippen LogP contribution in [0.2, 0.25) is 0 Å². The molecule has 2 aromatic rings. The number of benzene rings is 2. The summed E-state index contributed by atoms with van der Waals surface area (Å²) in [5.74, 6) is 2.05. The van der Waals surface area contributed by atoms with Crippen LogP contribution in [0.4, 0.5) is 0 Å². The Balaban J connectivity index is 1.84. The summed E-state index contributed by atoms with van der Waals surface area (Å²) in [6.45, 7) is 0.642. The molecular formula is C18H20INO3S. The molecule has 0 atom stereocenters. The molecule has 0 spiro atoms. The largest absolute Gasteiger partial charge is 0.493 e. The number of nitrogens with one attached hydrogen (secondary N) is 1. The Hall–Kier alpha value is -1.41. The van der Waals surface area contributed by atoms with Gasteiger partial charge >= 0.3 is 0 Å². The number of rotatable bonds is 8. The summed E-state index contributed by atoms with van der Waals surface area (Å²) >= 11 is 3.93. The van der Waals surface area contributed by atoms with Crippen molar-refractivity contribution in [3.63, 3.8) is 0 Å². The van der Waals surface area contributed by atoms with E-state index in [0.29, 0.717) is 23.6 Å². The lowest BCUT2D eigenvalue weighted by Crippen LogP contribution is -2.25. The summed E-state index contributed by atoms with van der Waals surface area (Å²) < 4.78 is 11.3. The van der Waals surface area contributed by atoms with E-state index in [9.17, 15) is 4.79 Å². The maximum Gasteiger partial charge on any atom is 0.252 e. The van der Waals surface area contributed by atoms with Crippen LogP contribution in [0.1, 0.15) is 16.8 Å². The van der Waals surface area contributed by atoms with Gasteiger partial charge in [-0.2, -0.15) is 0 Å². The van der Waals surface area contributed by atoms with E-state index in [2.05, 4.69) is 40.0 Å². The van der Waals surface area contributed by atoms with Crippen molar-refractivity contribution in [1.29, 1.82) is 0 Å². The van der Waals surface area contributed by atoms with Gasteiger partial charge in [0.1, 0.15) is 0 Å². The molecule has 0 saturated heterocycles. The molecular weight excluding hydrogens is 437 g/mol. The lowest BCUT2D eigenvalue weighted by Gasteiger charge is -2.12. The number of methoxy groups -OCH3 is 2. The molecule has 0 aliphatic heterocycles. The van der Waals surface area contributed by atoms with E-state index in [4.69, 9.17) is 9.47 Å². The van der Waals surface area contributed by atoms with Crippen molar-refractivity contribution >= 4 is 40.3 Å². The number of carbonyl (C=O) groups is 1. The summed E-state index contributed by atoms with van der Waals surface area (Å²) in [4.78, 5) is 13.6. The van der Waals surface area contributed by atoms with Crippen LogP contribution in [-0.2, 0) is 0 Å². The Morgan fingerprint density at radius 3 is 2.46 bits per heavy atom. The molecule has 0 fully saturated rings. The van der Waals surface area contributed by atoms with Gasteiger partial charge in [-0.25, -0.2) is 0 Å². The Kier molecular flexibility index (Phi) is 7.71. The van der Waals surface area contributed by atoms with E-state index >= 15 is 0 Å². The topological polar surface area (TPSA) is 47.6 Å². The third kappa shape index (κ3) is 5.31. The molecule has 2 aromatic carbocycles. The number of halogens is 1. The molecule has 1 amide bonds. The number of ether oxygens (including phenoxy) is 2. The predicted molar refractivity (Wildman–Crippen MR) is 106 cm³/mol. The summed E-state index contributed by atoms with van der Waals surface area (Å²) in [7, 11) is 3.14. The molecule has 0 radical (unpaired) electrons. The van der Waals surface area contributed by atoms with Crippen LogP contribution >= 0.6 is 34.4 Å². The maximum absolute atomic E-state index is 12.3. The Labute approximate surface area is 160 Å². The summed E-state index contributed by atoms with van der Waals surface area (Å²) in [6.07, 6.45) is 0.912. The Morgan fingerprint density at radius 2 is 1.79 bits per heavy atom. The van der Waals surface area contributed by atoms with Crippen LogP contribution in [-0.4, -0.2) is 32.4 Å². The molecule has 0 aliphatic carbocycles. The first-order valence-corrected chi connectivity index (χ1v) is 9.59. The second-order valence-electron chi connectivity index (χ2n) is 4.96. The average Bonchev–Trinajstić information content (AvgIpc) is 2.61. The van der Waals surface area contributed by atoms with Gasteiger partial charge in [0.15, 0.2) is 11.5 Å². The molecule has 1 N–H and O–H groups in total. The molecule has 4 nitrogen and oxygen atoms in total. The van der Waals surface area contributed by atoms with E-state index < -0.39 is 0 Å². The number of thioether (sulfide) groups is 1. The molecule has 0 aromatic heterocycles. The first-order chi connectivity index (χ1) is 11.7. The van der Waals surface area contributed by atoms with Gasteiger partial charge in [-0.15, -0.1) is 11.8 Å². The number of hydrogen-bond donors (Lipinski definition) is 1. The van der Waals surface area contributed by atoms with Gasteiger partial charge in [-0.1, -0.05) is 18.2 Å². The van der Waals surface area contributed by atoms with Crippen LogP contribution in [0.5, 0.6) is 11.5 Å². The maximum atomic E-state index is 12.3. The molecule has 24 heavy (non-hydrogen) atoms. The zero-order chi connectivity index (χ0) is 17.4. The van der Waals surface area contributed by atoms with Crippen LogP contribution < -0.4 is 14.8 Å². The number of hydrogen-bond acceptors (Lipinski definition) is 4. The third-order valence-electron chi connectivity index (χ3n) is 3.34. The van der Waals surface area contributed by atoms with E-state index in [1.54, 1.807) is 38.1 Å². The average molecular weight is 457 g/mol. The van der Waals surface area contributed by atoms with Crippen molar-refractivity contribution in [1.82, 2.24) is 5.32 Å². The van der Waals surface area contributed by atoms with E-state index in [-0.39, 0.29) is 5.91 Å². The molecule has 128 valence electrons. The molecule has 2 rings (SSSR count). The van der Waals surface area contributed by atoms with Gasteiger partial charge in [-0.05, 0) is 59.0 Å². The first kappa shape index (κ1) is 18.9. The minimum Gasteiger partial charge on any atom is -0.493 e.